The van der Waals surface area contributed by atoms with Crippen LogP contribution in [0.5, 0.6) is 5.75 Å². The van der Waals surface area contributed by atoms with E-state index in [1.165, 1.54) is 12.1 Å². The summed E-state index contributed by atoms with van der Waals surface area (Å²) in [5.41, 5.74) is -0.0141. The summed E-state index contributed by atoms with van der Waals surface area (Å²) in [4.78, 5) is 20.6. The quantitative estimate of drug-likeness (QED) is 0.242. The van der Waals surface area contributed by atoms with Gasteiger partial charge in [-0.15, -0.1) is 0 Å². The molecule has 0 radical (unpaired) electrons. The molecule has 0 heterocycles. The van der Waals surface area contributed by atoms with E-state index in [-0.39, 0.29) is 23.8 Å². The lowest BCUT2D eigenvalue weighted by Gasteiger charge is -2.07. The van der Waals surface area contributed by atoms with Crippen LogP contribution in [0.1, 0.15) is 17.3 Å². The number of ether oxygens (including phenoxy) is 2. The molecule has 0 N–H and O–H groups in total. The van der Waals surface area contributed by atoms with Gasteiger partial charge < -0.3 is 9.47 Å². The molecule has 0 fully saturated rings. The Bertz CT molecular complexity index is 391. The Morgan fingerprint density at radius 1 is 1.50 bits per heavy atom. The van der Waals surface area contributed by atoms with Crippen molar-refractivity contribution in [1.29, 1.82) is 0 Å². The predicted octanol–water partition coefficient (Wildman–Crippen LogP) is 1.78. The molecule has 0 saturated heterocycles. The largest absolute Gasteiger partial charge is 0.467 e. The van der Waals surface area contributed by atoms with Crippen LogP contribution >= 0.6 is 0 Å². The number of nitro groups is 1. The number of non-ortho nitro benzene ring substituents is 1. The highest BCUT2D eigenvalue weighted by molar-refractivity contribution is 5.80. The van der Waals surface area contributed by atoms with Gasteiger partial charge in [-0.05, 0) is 13.0 Å². The smallest absolute Gasteiger partial charge is 0.270 e. The van der Waals surface area contributed by atoms with Gasteiger partial charge in [0.05, 0.1) is 10.5 Å². The van der Waals surface area contributed by atoms with Gasteiger partial charge in [0.2, 0.25) is 0 Å². The summed E-state index contributed by atoms with van der Waals surface area (Å²) in [6.07, 6.45) is 0.508. The van der Waals surface area contributed by atoms with Crippen molar-refractivity contribution in [3.05, 3.63) is 33.9 Å². The minimum Gasteiger partial charge on any atom is -0.467 e. The second kappa shape index (κ2) is 5.82. The third-order valence-electron chi connectivity index (χ3n) is 1.83. The molecule has 86 valence electrons. The van der Waals surface area contributed by atoms with E-state index < -0.39 is 4.92 Å². The fourth-order valence-corrected chi connectivity index (χ4v) is 1.06. The van der Waals surface area contributed by atoms with Crippen molar-refractivity contribution >= 4 is 12.0 Å². The van der Waals surface area contributed by atoms with Crippen LogP contribution in [0.15, 0.2) is 18.2 Å². The predicted molar refractivity (Wildman–Crippen MR) is 55.6 cm³/mol. The zero-order chi connectivity index (χ0) is 12.0. The Balaban J connectivity index is 2.84. The summed E-state index contributed by atoms with van der Waals surface area (Å²) in [6.45, 7) is 2.30. The lowest BCUT2D eigenvalue weighted by molar-refractivity contribution is -0.384. The lowest BCUT2D eigenvalue weighted by atomic mass is 10.2. The minimum atomic E-state index is -0.570. The fraction of sp³-hybridized carbons (Fsp3) is 0.300. The maximum absolute atomic E-state index is 10.7. The van der Waals surface area contributed by atoms with Crippen LogP contribution in [0.4, 0.5) is 5.69 Å². The number of hydrogen-bond acceptors (Lipinski definition) is 5. The highest BCUT2D eigenvalue weighted by atomic mass is 16.7. The van der Waals surface area contributed by atoms with Gasteiger partial charge >= 0.3 is 0 Å². The van der Waals surface area contributed by atoms with E-state index in [9.17, 15) is 14.9 Å². The normalized spacial score (nSPS) is 9.81. The van der Waals surface area contributed by atoms with Gasteiger partial charge in [0, 0.05) is 18.7 Å². The Hall–Kier alpha value is -1.95. The molecule has 0 aliphatic heterocycles. The second-order valence-corrected chi connectivity index (χ2v) is 2.85. The van der Waals surface area contributed by atoms with Crippen molar-refractivity contribution in [2.45, 2.75) is 6.92 Å². The van der Waals surface area contributed by atoms with Crippen molar-refractivity contribution < 1.29 is 19.2 Å². The molecule has 0 aliphatic carbocycles. The molecule has 1 aromatic carbocycles. The average Bonchev–Trinajstić information content (AvgIpc) is 2.29. The molecule has 0 aromatic heterocycles. The summed E-state index contributed by atoms with van der Waals surface area (Å²) >= 11 is 0. The Morgan fingerprint density at radius 2 is 2.25 bits per heavy atom. The van der Waals surface area contributed by atoms with Gasteiger partial charge in [-0.3, -0.25) is 14.9 Å². The standard InChI is InChI=1S/C10H11NO5/c1-2-15-7-16-10-4-3-9(11(13)14)5-8(10)6-12/h3-6H,2,7H2,1H3. The Morgan fingerprint density at radius 3 is 2.81 bits per heavy atom. The molecule has 6 nitrogen and oxygen atoms in total. The van der Waals surface area contributed by atoms with Gasteiger partial charge in [0.15, 0.2) is 13.1 Å². The van der Waals surface area contributed by atoms with Crippen molar-refractivity contribution in [2.75, 3.05) is 13.4 Å². The number of carbonyl (C=O) groups is 1. The highest BCUT2D eigenvalue weighted by Crippen LogP contribution is 2.22. The zero-order valence-corrected chi connectivity index (χ0v) is 8.71. The molecular weight excluding hydrogens is 214 g/mol. The summed E-state index contributed by atoms with van der Waals surface area (Å²) in [5.74, 6) is 0.272. The number of carbonyl (C=O) groups excluding carboxylic acids is 1. The molecule has 0 bridgehead atoms. The molecule has 0 spiro atoms. The van der Waals surface area contributed by atoms with E-state index in [0.29, 0.717) is 12.9 Å². The number of benzene rings is 1. The molecule has 1 aromatic rings. The van der Waals surface area contributed by atoms with Crippen LogP contribution in [0.2, 0.25) is 0 Å². The first kappa shape index (κ1) is 12.1. The van der Waals surface area contributed by atoms with Crippen LogP contribution in [-0.4, -0.2) is 24.6 Å². The average molecular weight is 225 g/mol. The molecular formula is C10H11NO5. The Labute approximate surface area is 91.9 Å². The number of nitro benzene ring substituents is 1. The van der Waals surface area contributed by atoms with Crippen LogP contribution in [0.3, 0.4) is 0 Å². The number of rotatable bonds is 6. The molecule has 0 amide bonds. The molecule has 0 saturated carbocycles. The van der Waals surface area contributed by atoms with Gasteiger partial charge in [0.25, 0.3) is 5.69 Å². The van der Waals surface area contributed by atoms with Crippen LogP contribution in [-0.2, 0) is 4.74 Å². The molecule has 1 rings (SSSR count). The lowest BCUT2D eigenvalue weighted by Crippen LogP contribution is -2.04. The van der Waals surface area contributed by atoms with Gasteiger partial charge in [-0.25, -0.2) is 0 Å². The van der Waals surface area contributed by atoms with Crippen LogP contribution in [0.25, 0.3) is 0 Å². The third-order valence-corrected chi connectivity index (χ3v) is 1.83. The zero-order valence-electron chi connectivity index (χ0n) is 8.71. The number of aldehydes is 1. The maximum Gasteiger partial charge on any atom is 0.270 e. The molecule has 0 unspecified atom stereocenters. The van der Waals surface area contributed by atoms with Gasteiger partial charge in [-0.2, -0.15) is 0 Å². The second-order valence-electron chi connectivity index (χ2n) is 2.85. The topological polar surface area (TPSA) is 78.7 Å². The van der Waals surface area contributed by atoms with Crippen molar-refractivity contribution in [3.63, 3.8) is 0 Å². The minimum absolute atomic E-state index is 0.00908. The Kier molecular flexibility index (Phi) is 4.41. The summed E-state index contributed by atoms with van der Waals surface area (Å²) in [6, 6.07) is 3.81. The fourth-order valence-electron chi connectivity index (χ4n) is 1.06. The first-order chi connectivity index (χ1) is 7.69. The SMILES string of the molecule is CCOCOc1ccc([N+](=O)[O-])cc1C=O. The molecule has 16 heavy (non-hydrogen) atoms. The summed E-state index contributed by atoms with van der Waals surface area (Å²) in [7, 11) is 0. The first-order valence-corrected chi connectivity index (χ1v) is 4.63. The van der Waals surface area contributed by atoms with E-state index in [1.807, 2.05) is 0 Å². The van der Waals surface area contributed by atoms with Crippen molar-refractivity contribution in [2.24, 2.45) is 0 Å². The van der Waals surface area contributed by atoms with E-state index in [2.05, 4.69) is 0 Å². The molecule has 6 heteroatoms. The van der Waals surface area contributed by atoms with Gasteiger partial charge in [0.1, 0.15) is 5.75 Å². The first-order valence-electron chi connectivity index (χ1n) is 4.63. The number of nitrogens with zero attached hydrogens (tertiary/aromatic N) is 1. The van der Waals surface area contributed by atoms with E-state index in [4.69, 9.17) is 9.47 Å². The van der Waals surface area contributed by atoms with Crippen LogP contribution < -0.4 is 4.74 Å². The van der Waals surface area contributed by atoms with Gasteiger partial charge in [-0.1, -0.05) is 0 Å². The number of hydrogen-bond donors (Lipinski definition) is 0. The van der Waals surface area contributed by atoms with E-state index >= 15 is 0 Å². The molecule has 0 aliphatic rings. The van der Waals surface area contributed by atoms with Crippen molar-refractivity contribution in [1.82, 2.24) is 0 Å². The van der Waals surface area contributed by atoms with Crippen molar-refractivity contribution in [3.8, 4) is 5.75 Å². The van der Waals surface area contributed by atoms with E-state index in [0.717, 1.165) is 6.07 Å². The summed E-state index contributed by atoms with van der Waals surface area (Å²) < 4.78 is 10.1. The molecule has 0 atom stereocenters. The van der Waals surface area contributed by atoms with Crippen LogP contribution in [0, 0.1) is 10.1 Å². The summed E-state index contributed by atoms with van der Waals surface area (Å²) in [5, 5.41) is 10.5. The third kappa shape index (κ3) is 3.03. The van der Waals surface area contributed by atoms with E-state index in [1.54, 1.807) is 6.92 Å². The monoisotopic (exact) mass is 225 g/mol. The highest BCUT2D eigenvalue weighted by Gasteiger charge is 2.10. The maximum atomic E-state index is 10.7.